The van der Waals surface area contributed by atoms with Gasteiger partial charge in [0.15, 0.2) is 5.13 Å². The van der Waals surface area contributed by atoms with Crippen LogP contribution in [0.25, 0.3) is 10.9 Å². The number of rotatable bonds is 6. The minimum Gasteiger partial charge on any atom is -0.445 e. The summed E-state index contributed by atoms with van der Waals surface area (Å²) in [5.41, 5.74) is 1.61. The van der Waals surface area contributed by atoms with Gasteiger partial charge in [0.25, 0.3) is 5.91 Å². The number of H-pyrrole nitrogens is 1. The van der Waals surface area contributed by atoms with Crippen molar-refractivity contribution in [3.8, 4) is 0 Å². The van der Waals surface area contributed by atoms with Crippen LogP contribution in [0.4, 0.5) is 5.13 Å². The molecule has 0 bridgehead atoms. The van der Waals surface area contributed by atoms with Crippen molar-refractivity contribution in [2.45, 2.75) is 23.3 Å². The quantitative estimate of drug-likeness (QED) is 0.470. The zero-order chi connectivity index (χ0) is 17.9. The summed E-state index contributed by atoms with van der Waals surface area (Å²) in [5, 5.41) is 4.43. The molecule has 0 fully saturated rings. The van der Waals surface area contributed by atoms with Gasteiger partial charge >= 0.3 is 0 Å². The lowest BCUT2D eigenvalue weighted by atomic mass is 10.1. The molecule has 0 atom stereocenters. The molecule has 3 heterocycles. The topological polar surface area (TPSA) is 83.8 Å². The van der Waals surface area contributed by atoms with E-state index in [9.17, 15) is 4.79 Å². The van der Waals surface area contributed by atoms with Gasteiger partial charge in [0.05, 0.1) is 22.4 Å². The number of amides is 1. The van der Waals surface area contributed by atoms with E-state index >= 15 is 0 Å². The van der Waals surface area contributed by atoms with Gasteiger partial charge in [0, 0.05) is 29.1 Å². The van der Waals surface area contributed by atoms with Crippen LogP contribution in [0.2, 0.25) is 0 Å². The van der Waals surface area contributed by atoms with Gasteiger partial charge in [-0.1, -0.05) is 18.3 Å². The first-order valence-corrected chi connectivity index (χ1v) is 9.92. The van der Waals surface area contributed by atoms with Crippen LogP contribution in [-0.4, -0.2) is 20.9 Å². The van der Waals surface area contributed by atoms with Gasteiger partial charge in [-0.25, -0.2) is 9.97 Å². The fourth-order valence-electron chi connectivity index (χ4n) is 2.46. The van der Waals surface area contributed by atoms with E-state index in [4.69, 9.17) is 4.42 Å². The van der Waals surface area contributed by atoms with E-state index in [0.29, 0.717) is 22.3 Å². The molecular formula is C18H16N4O2S2. The van der Waals surface area contributed by atoms with Crippen LogP contribution < -0.4 is 5.32 Å². The van der Waals surface area contributed by atoms with E-state index in [2.05, 4.69) is 20.3 Å². The van der Waals surface area contributed by atoms with Crippen LogP contribution >= 0.6 is 23.1 Å². The number of thioether (sulfide) groups is 1. The lowest BCUT2D eigenvalue weighted by Crippen LogP contribution is -2.11. The lowest BCUT2D eigenvalue weighted by Gasteiger charge is -2.01. The highest BCUT2D eigenvalue weighted by molar-refractivity contribution is 8.00. The van der Waals surface area contributed by atoms with E-state index < -0.39 is 0 Å². The summed E-state index contributed by atoms with van der Waals surface area (Å²) in [7, 11) is 0. The highest BCUT2D eigenvalue weighted by atomic mass is 32.2. The Balaban J connectivity index is 1.38. The second-order valence-electron chi connectivity index (χ2n) is 5.58. The Morgan fingerprint density at radius 3 is 3.08 bits per heavy atom. The Kier molecular flexibility index (Phi) is 4.77. The summed E-state index contributed by atoms with van der Waals surface area (Å²) in [5.74, 6) is 2.06. The number of fused-ring (bicyclic) bond motifs is 1. The summed E-state index contributed by atoms with van der Waals surface area (Å²) in [6.07, 6.45) is 6.20. The van der Waals surface area contributed by atoms with Gasteiger partial charge < -0.3 is 9.40 Å². The zero-order valence-electron chi connectivity index (χ0n) is 14.0. The van der Waals surface area contributed by atoms with E-state index in [1.165, 1.54) is 11.3 Å². The summed E-state index contributed by atoms with van der Waals surface area (Å²) in [4.78, 5) is 24.0. The second-order valence-corrected chi connectivity index (χ2v) is 7.89. The molecule has 1 amide bonds. The molecule has 2 N–H and O–H groups in total. The number of nitrogens with one attached hydrogen (secondary N) is 2. The average Bonchev–Trinajstić information content (AvgIpc) is 3.39. The van der Waals surface area contributed by atoms with Gasteiger partial charge in [0.2, 0.25) is 5.89 Å². The SMILES string of the molecule is CCc1cnc(CSc2cnc(NC(=O)c3ccc4[nH]ccc4c3)s2)o1. The number of anilines is 1. The van der Waals surface area contributed by atoms with Crippen molar-refractivity contribution >= 4 is 45.0 Å². The molecule has 0 spiro atoms. The summed E-state index contributed by atoms with van der Waals surface area (Å²) >= 11 is 3.03. The van der Waals surface area contributed by atoms with E-state index in [0.717, 1.165) is 27.3 Å². The van der Waals surface area contributed by atoms with Crippen molar-refractivity contribution < 1.29 is 9.21 Å². The average molecular weight is 384 g/mol. The third-order valence-electron chi connectivity index (χ3n) is 3.81. The van der Waals surface area contributed by atoms with Gasteiger partial charge in [0.1, 0.15) is 5.76 Å². The van der Waals surface area contributed by atoms with Crippen LogP contribution in [0.3, 0.4) is 0 Å². The molecule has 4 aromatic rings. The Bertz CT molecular complexity index is 1050. The number of benzene rings is 1. The highest BCUT2D eigenvalue weighted by Gasteiger charge is 2.11. The maximum absolute atomic E-state index is 12.4. The minimum absolute atomic E-state index is 0.167. The fourth-order valence-corrected chi connectivity index (χ4v) is 4.18. The Labute approximate surface area is 158 Å². The predicted molar refractivity (Wildman–Crippen MR) is 104 cm³/mol. The number of thiazole rings is 1. The monoisotopic (exact) mass is 384 g/mol. The van der Waals surface area contributed by atoms with Crippen molar-refractivity contribution in [2.75, 3.05) is 5.32 Å². The first-order valence-electron chi connectivity index (χ1n) is 8.12. The van der Waals surface area contributed by atoms with Crippen molar-refractivity contribution in [3.63, 3.8) is 0 Å². The summed E-state index contributed by atoms with van der Waals surface area (Å²) in [6.45, 7) is 2.03. The van der Waals surface area contributed by atoms with Gasteiger partial charge in [-0.15, -0.1) is 11.8 Å². The Hall–Kier alpha value is -2.58. The maximum atomic E-state index is 12.4. The molecule has 6 nitrogen and oxygen atoms in total. The number of nitrogens with zero attached hydrogens (tertiary/aromatic N) is 2. The van der Waals surface area contributed by atoms with Crippen molar-refractivity contribution in [3.05, 3.63) is 60.1 Å². The Morgan fingerprint density at radius 2 is 2.23 bits per heavy atom. The molecule has 0 saturated carbocycles. The molecule has 1 aromatic carbocycles. The molecule has 0 aliphatic carbocycles. The number of carbonyl (C=O) groups excluding carboxylic acids is 1. The number of hydrogen-bond acceptors (Lipinski definition) is 6. The predicted octanol–water partition coefficient (Wildman–Crippen LogP) is 4.72. The first-order chi connectivity index (χ1) is 12.7. The van der Waals surface area contributed by atoms with Crippen molar-refractivity contribution in [1.29, 1.82) is 0 Å². The smallest absolute Gasteiger partial charge is 0.257 e. The highest BCUT2D eigenvalue weighted by Crippen LogP contribution is 2.31. The number of aryl methyl sites for hydroxylation is 1. The number of carbonyl (C=O) groups is 1. The third-order valence-corrected chi connectivity index (χ3v) is 5.90. The van der Waals surface area contributed by atoms with Crippen LogP contribution in [-0.2, 0) is 12.2 Å². The van der Waals surface area contributed by atoms with E-state index in [1.54, 1.807) is 30.2 Å². The van der Waals surface area contributed by atoms with Crippen molar-refractivity contribution in [1.82, 2.24) is 15.0 Å². The number of hydrogen-bond donors (Lipinski definition) is 2. The lowest BCUT2D eigenvalue weighted by molar-refractivity contribution is 0.102. The number of oxazole rings is 1. The van der Waals surface area contributed by atoms with Crippen LogP contribution in [0, 0.1) is 0 Å². The maximum Gasteiger partial charge on any atom is 0.257 e. The molecule has 0 saturated heterocycles. The largest absolute Gasteiger partial charge is 0.445 e. The molecule has 3 aromatic heterocycles. The molecule has 0 aliphatic rings. The minimum atomic E-state index is -0.167. The standard InChI is InChI=1S/C18H16N4O2S2/c1-2-13-8-20-15(24-13)10-25-16-9-21-18(26-16)22-17(23)12-3-4-14-11(7-12)5-6-19-14/h3-9,19H,2,10H2,1H3,(H,21,22,23). The van der Waals surface area contributed by atoms with Crippen molar-refractivity contribution in [2.24, 2.45) is 0 Å². The molecule has 8 heteroatoms. The van der Waals surface area contributed by atoms with Crippen LogP contribution in [0.15, 0.2) is 51.5 Å². The van der Waals surface area contributed by atoms with Gasteiger partial charge in [-0.05, 0) is 24.3 Å². The molecular weight excluding hydrogens is 368 g/mol. The molecule has 4 rings (SSSR count). The second kappa shape index (κ2) is 7.35. The van der Waals surface area contributed by atoms with Crippen LogP contribution in [0.1, 0.15) is 28.9 Å². The number of aromatic nitrogens is 3. The summed E-state index contributed by atoms with van der Waals surface area (Å²) in [6, 6.07) is 7.49. The number of aromatic amines is 1. The first kappa shape index (κ1) is 16.9. The third kappa shape index (κ3) is 3.66. The van der Waals surface area contributed by atoms with Crippen LogP contribution in [0.5, 0.6) is 0 Å². The van der Waals surface area contributed by atoms with E-state index in [1.807, 2.05) is 31.3 Å². The zero-order valence-corrected chi connectivity index (χ0v) is 15.6. The summed E-state index contributed by atoms with van der Waals surface area (Å²) < 4.78 is 6.59. The normalized spacial score (nSPS) is 11.1. The van der Waals surface area contributed by atoms with Gasteiger partial charge in [-0.2, -0.15) is 0 Å². The van der Waals surface area contributed by atoms with E-state index in [-0.39, 0.29) is 5.91 Å². The molecule has 132 valence electrons. The molecule has 0 aliphatic heterocycles. The van der Waals surface area contributed by atoms with Gasteiger partial charge in [-0.3, -0.25) is 10.1 Å². The fraction of sp³-hybridized carbons (Fsp3) is 0.167. The Morgan fingerprint density at radius 1 is 1.31 bits per heavy atom. The molecule has 26 heavy (non-hydrogen) atoms. The molecule has 0 radical (unpaired) electrons. The molecule has 0 unspecified atom stereocenters.